The molecular weight excluding hydrogens is 200 g/mol. The Bertz CT molecular complexity index is 308. The topological polar surface area (TPSA) is 62.4 Å². The summed E-state index contributed by atoms with van der Waals surface area (Å²) in [6, 6.07) is 10.1. The molecule has 0 amide bonds. The van der Waals surface area contributed by atoms with Crippen LogP contribution in [0, 0.1) is 0 Å². The Hall–Kier alpha value is -1.55. The molecule has 4 heteroatoms. The molecule has 0 heterocycles. The zero-order valence-electron chi connectivity index (χ0n) is 9.74. The van der Waals surface area contributed by atoms with Gasteiger partial charge in [0.2, 0.25) is 5.96 Å². The Morgan fingerprint density at radius 3 is 2.69 bits per heavy atom. The molecule has 0 aromatic heterocycles. The van der Waals surface area contributed by atoms with Crippen LogP contribution in [0.15, 0.2) is 35.3 Å². The second-order valence-corrected chi connectivity index (χ2v) is 3.58. The second kappa shape index (κ2) is 7.70. The van der Waals surface area contributed by atoms with E-state index in [1.54, 1.807) is 0 Å². The molecule has 0 fully saturated rings. The van der Waals surface area contributed by atoms with Gasteiger partial charge in [-0.25, -0.2) is 10.8 Å². The molecule has 16 heavy (non-hydrogen) atoms. The summed E-state index contributed by atoms with van der Waals surface area (Å²) in [6.07, 6.45) is 2.27. The summed E-state index contributed by atoms with van der Waals surface area (Å²) in [5, 5.41) is 3.15. The largest absolute Gasteiger partial charge is 0.355 e. The molecule has 0 saturated heterocycles. The molecule has 88 valence electrons. The van der Waals surface area contributed by atoms with Gasteiger partial charge in [-0.05, 0) is 12.0 Å². The van der Waals surface area contributed by atoms with Crippen LogP contribution < -0.4 is 16.6 Å². The number of aliphatic imine (C=N–C) groups is 1. The van der Waals surface area contributed by atoms with E-state index >= 15 is 0 Å². The van der Waals surface area contributed by atoms with E-state index in [0.29, 0.717) is 12.5 Å². The van der Waals surface area contributed by atoms with E-state index in [1.807, 2.05) is 30.3 Å². The zero-order valence-corrected chi connectivity index (χ0v) is 9.74. The first-order valence-corrected chi connectivity index (χ1v) is 5.65. The number of rotatable bonds is 5. The van der Waals surface area contributed by atoms with Crippen molar-refractivity contribution in [1.82, 2.24) is 10.7 Å². The van der Waals surface area contributed by atoms with Gasteiger partial charge in [0.25, 0.3) is 0 Å². The maximum Gasteiger partial charge on any atom is 0.206 e. The summed E-state index contributed by atoms with van der Waals surface area (Å²) >= 11 is 0. The van der Waals surface area contributed by atoms with Crippen LogP contribution in [-0.4, -0.2) is 12.5 Å². The average molecular weight is 220 g/mol. The van der Waals surface area contributed by atoms with E-state index in [9.17, 15) is 0 Å². The molecule has 0 aliphatic rings. The van der Waals surface area contributed by atoms with Crippen LogP contribution in [0.4, 0.5) is 0 Å². The lowest BCUT2D eigenvalue weighted by molar-refractivity contribution is 0.732. The van der Waals surface area contributed by atoms with Gasteiger partial charge in [0, 0.05) is 6.54 Å². The number of hydrogen-bond donors (Lipinski definition) is 3. The molecule has 0 saturated carbocycles. The molecule has 1 aromatic carbocycles. The van der Waals surface area contributed by atoms with Crippen LogP contribution in [-0.2, 0) is 6.54 Å². The zero-order chi connectivity index (χ0) is 11.6. The van der Waals surface area contributed by atoms with Crippen molar-refractivity contribution in [2.24, 2.45) is 10.8 Å². The predicted molar refractivity (Wildman–Crippen MR) is 67.8 cm³/mol. The van der Waals surface area contributed by atoms with E-state index < -0.39 is 0 Å². The predicted octanol–water partition coefficient (Wildman–Crippen LogP) is 1.40. The fraction of sp³-hybridized carbons (Fsp3) is 0.417. The van der Waals surface area contributed by atoms with Crippen LogP contribution in [0.2, 0.25) is 0 Å². The molecule has 0 radical (unpaired) electrons. The van der Waals surface area contributed by atoms with Crippen molar-refractivity contribution < 1.29 is 0 Å². The van der Waals surface area contributed by atoms with E-state index in [0.717, 1.165) is 19.4 Å². The van der Waals surface area contributed by atoms with Crippen LogP contribution in [0.5, 0.6) is 0 Å². The smallest absolute Gasteiger partial charge is 0.206 e. The fourth-order valence-corrected chi connectivity index (χ4v) is 1.29. The van der Waals surface area contributed by atoms with Gasteiger partial charge in [0.05, 0.1) is 6.54 Å². The third-order valence-corrected chi connectivity index (χ3v) is 2.22. The standard InChI is InChI=1S/C12H20N4/c1-2-3-9-14-12(16-13)15-10-11-7-5-4-6-8-11/h4-8H,2-3,9-10,13H2,1H3,(H2,14,15,16). The monoisotopic (exact) mass is 220 g/mol. The molecule has 0 aliphatic heterocycles. The minimum atomic E-state index is 0.638. The lowest BCUT2D eigenvalue weighted by atomic mass is 10.2. The van der Waals surface area contributed by atoms with Gasteiger partial charge < -0.3 is 5.32 Å². The number of guanidine groups is 1. The Labute approximate surface area is 96.9 Å². The first-order valence-electron chi connectivity index (χ1n) is 5.65. The van der Waals surface area contributed by atoms with Crippen molar-refractivity contribution in [1.29, 1.82) is 0 Å². The second-order valence-electron chi connectivity index (χ2n) is 3.58. The number of hydrazine groups is 1. The van der Waals surface area contributed by atoms with Crippen molar-refractivity contribution in [3.05, 3.63) is 35.9 Å². The lowest BCUT2D eigenvalue weighted by Crippen LogP contribution is -2.41. The molecule has 1 rings (SSSR count). The Morgan fingerprint density at radius 1 is 1.31 bits per heavy atom. The molecular formula is C12H20N4. The van der Waals surface area contributed by atoms with Crippen molar-refractivity contribution in [2.75, 3.05) is 6.54 Å². The lowest BCUT2D eigenvalue weighted by Gasteiger charge is -2.08. The molecule has 0 bridgehead atoms. The van der Waals surface area contributed by atoms with E-state index in [1.165, 1.54) is 5.56 Å². The summed E-state index contributed by atoms with van der Waals surface area (Å²) in [5.41, 5.74) is 3.74. The highest BCUT2D eigenvalue weighted by Crippen LogP contribution is 1.99. The van der Waals surface area contributed by atoms with Crippen LogP contribution in [0.1, 0.15) is 25.3 Å². The van der Waals surface area contributed by atoms with Crippen LogP contribution in [0.3, 0.4) is 0 Å². The quantitative estimate of drug-likeness (QED) is 0.231. The number of nitrogens with two attached hydrogens (primary N) is 1. The van der Waals surface area contributed by atoms with E-state index in [4.69, 9.17) is 5.84 Å². The van der Waals surface area contributed by atoms with Crippen molar-refractivity contribution in [3.63, 3.8) is 0 Å². The van der Waals surface area contributed by atoms with Gasteiger partial charge in [-0.3, -0.25) is 5.43 Å². The number of nitrogens with one attached hydrogen (secondary N) is 2. The summed E-state index contributed by atoms with van der Waals surface area (Å²) in [4.78, 5) is 4.35. The normalized spacial score (nSPS) is 11.2. The van der Waals surface area contributed by atoms with Gasteiger partial charge in [-0.2, -0.15) is 0 Å². The molecule has 4 N–H and O–H groups in total. The van der Waals surface area contributed by atoms with Crippen molar-refractivity contribution in [3.8, 4) is 0 Å². The summed E-state index contributed by atoms with van der Waals surface area (Å²) < 4.78 is 0. The van der Waals surface area contributed by atoms with Crippen molar-refractivity contribution >= 4 is 5.96 Å². The van der Waals surface area contributed by atoms with Gasteiger partial charge in [0.1, 0.15) is 0 Å². The van der Waals surface area contributed by atoms with E-state index in [-0.39, 0.29) is 0 Å². The molecule has 0 unspecified atom stereocenters. The Morgan fingerprint density at radius 2 is 2.06 bits per heavy atom. The Balaban J connectivity index is 2.40. The highest BCUT2D eigenvalue weighted by atomic mass is 15.3. The maximum atomic E-state index is 5.38. The number of nitrogens with zero attached hydrogens (tertiary/aromatic N) is 1. The SMILES string of the molecule is CCCCNC(=NCc1ccccc1)NN. The van der Waals surface area contributed by atoms with E-state index in [2.05, 4.69) is 22.7 Å². The van der Waals surface area contributed by atoms with Crippen LogP contribution >= 0.6 is 0 Å². The Kier molecular flexibility index (Phi) is 6.03. The number of hydrogen-bond acceptors (Lipinski definition) is 2. The van der Waals surface area contributed by atoms with Gasteiger partial charge >= 0.3 is 0 Å². The summed E-state index contributed by atoms with van der Waals surface area (Å²) in [6.45, 7) is 3.69. The average Bonchev–Trinajstić information content (AvgIpc) is 2.35. The molecule has 1 aromatic rings. The number of benzene rings is 1. The number of unbranched alkanes of at least 4 members (excludes halogenated alkanes) is 1. The van der Waals surface area contributed by atoms with Gasteiger partial charge in [0.15, 0.2) is 0 Å². The van der Waals surface area contributed by atoms with Gasteiger partial charge in [-0.1, -0.05) is 43.7 Å². The summed E-state index contributed by atoms with van der Waals surface area (Å²) in [7, 11) is 0. The van der Waals surface area contributed by atoms with Crippen molar-refractivity contribution in [2.45, 2.75) is 26.3 Å². The first-order chi connectivity index (χ1) is 7.86. The minimum absolute atomic E-state index is 0.638. The molecule has 0 atom stereocenters. The molecule has 4 nitrogen and oxygen atoms in total. The maximum absolute atomic E-state index is 5.38. The fourth-order valence-electron chi connectivity index (χ4n) is 1.29. The highest BCUT2D eigenvalue weighted by Gasteiger charge is 1.94. The molecule has 0 spiro atoms. The minimum Gasteiger partial charge on any atom is -0.355 e. The summed E-state index contributed by atoms with van der Waals surface area (Å²) in [5.74, 6) is 6.03. The third kappa shape index (κ3) is 4.79. The first kappa shape index (κ1) is 12.5. The van der Waals surface area contributed by atoms with Crippen LogP contribution in [0.25, 0.3) is 0 Å². The van der Waals surface area contributed by atoms with Gasteiger partial charge in [-0.15, -0.1) is 0 Å². The third-order valence-electron chi connectivity index (χ3n) is 2.22. The molecule has 0 aliphatic carbocycles. The highest BCUT2D eigenvalue weighted by molar-refractivity contribution is 5.79.